The number of hydrogen-bond acceptors (Lipinski definition) is 1. The minimum atomic E-state index is 0.182. The van der Waals surface area contributed by atoms with Crippen molar-refractivity contribution in [1.29, 1.82) is 0 Å². The molecule has 21 heavy (non-hydrogen) atoms. The van der Waals surface area contributed by atoms with E-state index >= 15 is 0 Å². The van der Waals surface area contributed by atoms with Gasteiger partial charge >= 0.3 is 0 Å². The number of benzene rings is 2. The van der Waals surface area contributed by atoms with Gasteiger partial charge < -0.3 is 10.6 Å². The third kappa shape index (κ3) is 4.57. The van der Waals surface area contributed by atoms with E-state index in [0.717, 1.165) is 5.69 Å². The second-order valence-corrected chi connectivity index (χ2v) is 5.92. The maximum atomic E-state index is 5.37. The fourth-order valence-electron chi connectivity index (χ4n) is 2.14. The summed E-state index contributed by atoms with van der Waals surface area (Å²) >= 11 is 5.37. The summed E-state index contributed by atoms with van der Waals surface area (Å²) in [6.45, 7) is 6.48. The lowest BCUT2D eigenvalue weighted by molar-refractivity contribution is 0.722. The quantitative estimate of drug-likeness (QED) is 0.788. The molecule has 2 nitrogen and oxygen atoms in total. The number of hydrogen-bond donors (Lipinski definition) is 2. The topological polar surface area (TPSA) is 24.1 Å². The van der Waals surface area contributed by atoms with E-state index in [1.807, 2.05) is 18.2 Å². The highest BCUT2D eigenvalue weighted by atomic mass is 32.1. The van der Waals surface area contributed by atoms with E-state index in [9.17, 15) is 0 Å². The lowest BCUT2D eigenvalue weighted by Gasteiger charge is -2.17. The van der Waals surface area contributed by atoms with E-state index in [1.54, 1.807) is 0 Å². The first-order valence-corrected chi connectivity index (χ1v) is 7.69. The van der Waals surface area contributed by atoms with Crippen molar-refractivity contribution in [3.05, 3.63) is 65.7 Å². The van der Waals surface area contributed by atoms with Crippen LogP contribution in [-0.2, 0) is 0 Å². The van der Waals surface area contributed by atoms with Crippen molar-refractivity contribution in [3.63, 3.8) is 0 Å². The molecule has 110 valence electrons. The molecular formula is C18H22N2S. The average molecular weight is 298 g/mol. The Morgan fingerprint density at radius 1 is 0.857 bits per heavy atom. The van der Waals surface area contributed by atoms with E-state index in [0.29, 0.717) is 11.0 Å². The summed E-state index contributed by atoms with van der Waals surface area (Å²) in [5.74, 6) is 0.544. The molecule has 1 unspecified atom stereocenters. The van der Waals surface area contributed by atoms with Crippen LogP contribution in [0.2, 0.25) is 0 Å². The number of nitrogens with one attached hydrogen (secondary N) is 2. The van der Waals surface area contributed by atoms with Crippen LogP contribution in [0.1, 0.15) is 43.9 Å². The average Bonchev–Trinajstić information content (AvgIpc) is 2.48. The van der Waals surface area contributed by atoms with E-state index < -0.39 is 0 Å². The predicted octanol–water partition coefficient (Wildman–Crippen LogP) is 4.86. The van der Waals surface area contributed by atoms with Gasteiger partial charge in [0.05, 0.1) is 6.04 Å². The van der Waals surface area contributed by atoms with E-state index in [2.05, 4.69) is 67.8 Å². The highest BCUT2D eigenvalue weighted by Gasteiger charge is 2.06. The molecule has 0 bridgehead atoms. The Kier molecular flexibility index (Phi) is 5.34. The summed E-state index contributed by atoms with van der Waals surface area (Å²) in [7, 11) is 0. The second-order valence-electron chi connectivity index (χ2n) is 5.51. The van der Waals surface area contributed by atoms with Crippen molar-refractivity contribution in [2.75, 3.05) is 5.32 Å². The summed E-state index contributed by atoms with van der Waals surface area (Å²) in [5.41, 5.74) is 3.56. The van der Waals surface area contributed by atoms with E-state index in [1.165, 1.54) is 11.1 Å². The monoisotopic (exact) mass is 298 g/mol. The van der Waals surface area contributed by atoms with Crippen molar-refractivity contribution < 1.29 is 0 Å². The fourth-order valence-corrected chi connectivity index (χ4v) is 2.43. The maximum absolute atomic E-state index is 5.37. The molecule has 0 radical (unpaired) electrons. The van der Waals surface area contributed by atoms with Crippen LogP contribution >= 0.6 is 12.2 Å². The molecule has 0 aliphatic carbocycles. The lowest BCUT2D eigenvalue weighted by atomic mass is 10.0. The molecule has 0 fully saturated rings. The standard InChI is InChI=1S/C18H22N2S/c1-13(2)15-9-11-17(12-10-15)20-18(21)19-14(3)16-7-5-4-6-8-16/h4-14H,1-3H3,(H2,19,20,21). The van der Waals surface area contributed by atoms with Gasteiger partial charge in [0.25, 0.3) is 0 Å². The first-order valence-electron chi connectivity index (χ1n) is 7.28. The summed E-state index contributed by atoms with van der Waals surface area (Å²) in [6, 6.07) is 18.9. The predicted molar refractivity (Wildman–Crippen MR) is 94.7 cm³/mol. The van der Waals surface area contributed by atoms with Gasteiger partial charge in [-0.05, 0) is 48.3 Å². The van der Waals surface area contributed by atoms with Crippen molar-refractivity contribution in [1.82, 2.24) is 5.32 Å². The highest BCUT2D eigenvalue weighted by Crippen LogP contribution is 2.17. The summed E-state index contributed by atoms with van der Waals surface area (Å²) < 4.78 is 0. The van der Waals surface area contributed by atoms with Crippen LogP contribution in [0.25, 0.3) is 0 Å². The zero-order valence-electron chi connectivity index (χ0n) is 12.8. The third-order valence-electron chi connectivity index (χ3n) is 3.48. The minimum Gasteiger partial charge on any atom is -0.356 e. The largest absolute Gasteiger partial charge is 0.356 e. The molecule has 0 amide bonds. The molecule has 0 saturated heterocycles. The number of rotatable bonds is 4. The van der Waals surface area contributed by atoms with Crippen LogP contribution in [0, 0.1) is 0 Å². The van der Waals surface area contributed by atoms with Crippen LogP contribution in [-0.4, -0.2) is 5.11 Å². The van der Waals surface area contributed by atoms with E-state index in [-0.39, 0.29) is 6.04 Å². The molecule has 2 rings (SSSR count). The van der Waals surface area contributed by atoms with Gasteiger partial charge in [0, 0.05) is 5.69 Å². The molecule has 2 aromatic carbocycles. The molecule has 0 spiro atoms. The molecule has 0 aromatic heterocycles. The molecule has 0 aliphatic heterocycles. The van der Waals surface area contributed by atoms with Gasteiger partial charge in [0.1, 0.15) is 0 Å². The van der Waals surface area contributed by atoms with Gasteiger partial charge in [0.15, 0.2) is 5.11 Å². The van der Waals surface area contributed by atoms with Crippen molar-refractivity contribution >= 4 is 23.0 Å². The smallest absolute Gasteiger partial charge is 0.171 e. The Balaban J connectivity index is 1.92. The molecule has 2 N–H and O–H groups in total. The second kappa shape index (κ2) is 7.23. The molecule has 2 aromatic rings. The first kappa shape index (κ1) is 15.5. The van der Waals surface area contributed by atoms with Crippen LogP contribution in [0.5, 0.6) is 0 Å². The molecule has 1 atom stereocenters. The Hall–Kier alpha value is -1.87. The normalized spacial score (nSPS) is 12.0. The molecular weight excluding hydrogens is 276 g/mol. The van der Waals surface area contributed by atoms with Crippen molar-refractivity contribution in [2.24, 2.45) is 0 Å². The SMILES string of the molecule is CC(C)c1ccc(NC(=S)NC(C)c2ccccc2)cc1. The van der Waals surface area contributed by atoms with Gasteiger partial charge in [0.2, 0.25) is 0 Å². The Labute approximate surface area is 132 Å². The van der Waals surface area contributed by atoms with E-state index in [4.69, 9.17) is 12.2 Å². The number of thiocarbonyl (C=S) groups is 1. The van der Waals surface area contributed by atoms with Gasteiger partial charge in [-0.3, -0.25) is 0 Å². The van der Waals surface area contributed by atoms with Gasteiger partial charge in [-0.25, -0.2) is 0 Å². The lowest BCUT2D eigenvalue weighted by Crippen LogP contribution is -2.30. The summed E-state index contributed by atoms with van der Waals surface area (Å²) in [4.78, 5) is 0. The first-order chi connectivity index (χ1) is 10.1. The maximum Gasteiger partial charge on any atom is 0.171 e. The summed E-state index contributed by atoms with van der Waals surface area (Å²) in [5, 5.41) is 7.17. The van der Waals surface area contributed by atoms with Crippen molar-refractivity contribution in [2.45, 2.75) is 32.7 Å². The Bertz CT molecular complexity index is 576. The molecule has 0 saturated carbocycles. The van der Waals surface area contributed by atoms with Gasteiger partial charge in [-0.1, -0.05) is 56.3 Å². The van der Waals surface area contributed by atoms with Crippen LogP contribution in [0.15, 0.2) is 54.6 Å². The van der Waals surface area contributed by atoms with Crippen molar-refractivity contribution in [3.8, 4) is 0 Å². The highest BCUT2D eigenvalue weighted by molar-refractivity contribution is 7.80. The minimum absolute atomic E-state index is 0.182. The zero-order chi connectivity index (χ0) is 15.2. The van der Waals surface area contributed by atoms with Crippen LogP contribution in [0.4, 0.5) is 5.69 Å². The number of anilines is 1. The zero-order valence-corrected chi connectivity index (χ0v) is 13.6. The Morgan fingerprint density at radius 2 is 1.48 bits per heavy atom. The molecule has 0 aliphatic rings. The fraction of sp³-hybridized carbons (Fsp3) is 0.278. The van der Waals surface area contributed by atoms with Crippen LogP contribution in [0.3, 0.4) is 0 Å². The molecule has 0 heterocycles. The summed E-state index contributed by atoms with van der Waals surface area (Å²) in [6.07, 6.45) is 0. The van der Waals surface area contributed by atoms with Crippen LogP contribution < -0.4 is 10.6 Å². The van der Waals surface area contributed by atoms with Gasteiger partial charge in [-0.15, -0.1) is 0 Å². The third-order valence-corrected chi connectivity index (χ3v) is 3.70. The van der Waals surface area contributed by atoms with Gasteiger partial charge in [-0.2, -0.15) is 0 Å². The molecule has 3 heteroatoms. The Morgan fingerprint density at radius 3 is 2.05 bits per heavy atom.